The average Bonchev–Trinajstić information content (AvgIpc) is 2.50. The molecule has 0 spiro atoms. The maximum Gasteiger partial charge on any atom is 0.283 e. The molecule has 0 bridgehead atoms. The topological polar surface area (TPSA) is 46.9 Å². The zero-order valence-electron chi connectivity index (χ0n) is 12.6. The van der Waals surface area contributed by atoms with Crippen LogP contribution in [0, 0.1) is 0 Å². The quantitative estimate of drug-likeness (QED) is 0.899. The highest BCUT2D eigenvalue weighted by Crippen LogP contribution is 2.24. The summed E-state index contributed by atoms with van der Waals surface area (Å²) in [4.78, 5) is 12.0. The van der Waals surface area contributed by atoms with Gasteiger partial charge in [0, 0.05) is 18.5 Å². The molecule has 0 atom stereocenters. The van der Waals surface area contributed by atoms with E-state index in [1.54, 1.807) is 6.20 Å². The highest BCUT2D eigenvalue weighted by atomic mass is 79.9. The lowest BCUT2D eigenvalue weighted by Gasteiger charge is -2.26. The smallest absolute Gasteiger partial charge is 0.283 e. The number of anilines is 1. The minimum Gasteiger partial charge on any atom is -0.382 e. The summed E-state index contributed by atoms with van der Waals surface area (Å²) in [6.07, 6.45) is 1.69. The number of hydrogen-bond donors (Lipinski definition) is 1. The van der Waals surface area contributed by atoms with Crippen LogP contribution in [0.1, 0.15) is 26.3 Å². The van der Waals surface area contributed by atoms with Crippen molar-refractivity contribution < 1.29 is 0 Å². The number of rotatable bonds is 5. The van der Waals surface area contributed by atoms with Crippen LogP contribution < -0.4 is 10.9 Å². The van der Waals surface area contributed by atoms with Gasteiger partial charge in [-0.2, -0.15) is 5.10 Å². The van der Waals surface area contributed by atoms with E-state index in [4.69, 9.17) is 0 Å². The highest BCUT2D eigenvalue weighted by molar-refractivity contribution is 9.10. The molecule has 5 heteroatoms. The number of benzene rings is 1. The van der Waals surface area contributed by atoms with Crippen molar-refractivity contribution in [1.82, 2.24) is 9.78 Å². The first-order chi connectivity index (χ1) is 9.95. The molecule has 112 valence electrons. The molecule has 0 saturated carbocycles. The molecule has 0 aliphatic rings. The summed E-state index contributed by atoms with van der Waals surface area (Å²) < 4.78 is 1.96. The van der Waals surface area contributed by atoms with Crippen LogP contribution in [0.3, 0.4) is 0 Å². The van der Waals surface area contributed by atoms with E-state index in [1.807, 2.05) is 25.1 Å². The van der Waals surface area contributed by atoms with Crippen molar-refractivity contribution in [1.29, 1.82) is 0 Å². The molecule has 0 radical (unpaired) electrons. The van der Waals surface area contributed by atoms with Crippen LogP contribution in [0.2, 0.25) is 0 Å². The first-order valence-electron chi connectivity index (χ1n) is 7.00. The normalized spacial score (nSPS) is 11.4. The lowest BCUT2D eigenvalue weighted by atomic mass is 9.84. The molecule has 0 unspecified atom stereocenters. The van der Waals surface area contributed by atoms with Gasteiger partial charge in [-0.05, 0) is 28.4 Å². The lowest BCUT2D eigenvalue weighted by Crippen LogP contribution is -2.29. The summed E-state index contributed by atoms with van der Waals surface area (Å²) in [5.74, 6) is 0. The molecule has 4 nitrogen and oxygen atoms in total. The standard InChI is InChI=1S/C16H20BrN3O/c1-4-20-15(21)14(17)13(10-19-20)18-11-16(2,3)12-8-6-5-7-9-12/h5-10,18H,4,11H2,1-3H3. The maximum absolute atomic E-state index is 12.0. The molecule has 0 saturated heterocycles. The van der Waals surface area contributed by atoms with Gasteiger partial charge in [0.1, 0.15) is 4.47 Å². The van der Waals surface area contributed by atoms with E-state index in [0.717, 1.165) is 5.69 Å². The Bertz CT molecular complexity index is 665. The van der Waals surface area contributed by atoms with Crippen molar-refractivity contribution >= 4 is 21.6 Å². The Morgan fingerprint density at radius 1 is 1.29 bits per heavy atom. The number of halogens is 1. The molecule has 1 aromatic carbocycles. The van der Waals surface area contributed by atoms with Crippen LogP contribution in [0.5, 0.6) is 0 Å². The van der Waals surface area contributed by atoms with Crippen LogP contribution >= 0.6 is 15.9 Å². The van der Waals surface area contributed by atoms with Gasteiger partial charge in [0.15, 0.2) is 0 Å². The van der Waals surface area contributed by atoms with Gasteiger partial charge in [-0.25, -0.2) is 4.68 Å². The summed E-state index contributed by atoms with van der Waals surface area (Å²) in [5, 5.41) is 7.46. The summed E-state index contributed by atoms with van der Waals surface area (Å²) in [6, 6.07) is 10.3. The van der Waals surface area contributed by atoms with Gasteiger partial charge in [-0.3, -0.25) is 4.79 Å². The number of aromatic nitrogens is 2. The third kappa shape index (κ3) is 3.53. The third-order valence-electron chi connectivity index (χ3n) is 3.56. The zero-order chi connectivity index (χ0) is 15.5. The third-order valence-corrected chi connectivity index (χ3v) is 4.33. The first-order valence-corrected chi connectivity index (χ1v) is 7.80. The summed E-state index contributed by atoms with van der Waals surface area (Å²) in [7, 11) is 0. The number of aryl methyl sites for hydroxylation is 1. The van der Waals surface area contributed by atoms with Crippen LogP contribution in [0.15, 0.2) is 45.8 Å². The minimum absolute atomic E-state index is 0.0414. The van der Waals surface area contributed by atoms with E-state index < -0.39 is 0 Å². The Hall–Kier alpha value is -1.62. The zero-order valence-corrected chi connectivity index (χ0v) is 14.1. The van der Waals surface area contributed by atoms with Crippen molar-refractivity contribution in [3.8, 4) is 0 Å². The minimum atomic E-state index is -0.111. The fourth-order valence-corrected chi connectivity index (χ4v) is 2.57. The SMILES string of the molecule is CCn1ncc(NCC(C)(C)c2ccccc2)c(Br)c1=O. The van der Waals surface area contributed by atoms with Crippen LogP contribution in [0.4, 0.5) is 5.69 Å². The second kappa shape index (κ2) is 6.43. The molecule has 0 aliphatic heterocycles. The van der Waals surface area contributed by atoms with E-state index in [2.05, 4.69) is 52.3 Å². The van der Waals surface area contributed by atoms with Gasteiger partial charge in [-0.15, -0.1) is 0 Å². The predicted octanol–water partition coefficient (Wildman–Crippen LogP) is 3.42. The van der Waals surface area contributed by atoms with Crippen molar-refractivity contribution in [2.75, 3.05) is 11.9 Å². The second-order valence-corrected chi connectivity index (χ2v) is 6.39. The molecule has 0 amide bonds. The molecule has 1 aromatic heterocycles. The van der Waals surface area contributed by atoms with E-state index in [0.29, 0.717) is 17.6 Å². The fourth-order valence-electron chi connectivity index (χ4n) is 2.12. The van der Waals surface area contributed by atoms with Gasteiger partial charge in [0.25, 0.3) is 5.56 Å². The molecule has 0 fully saturated rings. The first kappa shape index (κ1) is 15.8. The number of hydrogen-bond acceptors (Lipinski definition) is 3. The summed E-state index contributed by atoms with van der Waals surface area (Å²) >= 11 is 3.36. The van der Waals surface area contributed by atoms with E-state index in [1.165, 1.54) is 10.2 Å². The van der Waals surface area contributed by atoms with Crippen LogP contribution in [-0.2, 0) is 12.0 Å². The Labute approximate surface area is 133 Å². The predicted molar refractivity (Wildman–Crippen MR) is 89.8 cm³/mol. The maximum atomic E-state index is 12.0. The van der Waals surface area contributed by atoms with Crippen LogP contribution in [0.25, 0.3) is 0 Å². The molecular formula is C16H20BrN3O. The van der Waals surface area contributed by atoms with Crippen LogP contribution in [-0.4, -0.2) is 16.3 Å². The molecule has 1 N–H and O–H groups in total. The van der Waals surface area contributed by atoms with Gasteiger partial charge >= 0.3 is 0 Å². The average molecular weight is 350 g/mol. The second-order valence-electron chi connectivity index (χ2n) is 5.60. The molecule has 0 aliphatic carbocycles. The van der Waals surface area contributed by atoms with Crippen molar-refractivity contribution in [2.45, 2.75) is 32.7 Å². The molecule has 2 rings (SSSR count). The lowest BCUT2D eigenvalue weighted by molar-refractivity contribution is 0.555. The van der Waals surface area contributed by atoms with Crippen molar-refractivity contribution in [3.63, 3.8) is 0 Å². The van der Waals surface area contributed by atoms with E-state index in [-0.39, 0.29) is 11.0 Å². The fraction of sp³-hybridized carbons (Fsp3) is 0.375. The Balaban J connectivity index is 2.17. The van der Waals surface area contributed by atoms with Gasteiger partial charge < -0.3 is 5.32 Å². The summed E-state index contributed by atoms with van der Waals surface area (Å²) in [6.45, 7) is 7.51. The monoisotopic (exact) mass is 349 g/mol. The largest absolute Gasteiger partial charge is 0.382 e. The Kier molecular flexibility index (Phi) is 4.83. The highest BCUT2D eigenvalue weighted by Gasteiger charge is 2.20. The molecular weight excluding hydrogens is 330 g/mol. The van der Waals surface area contributed by atoms with Gasteiger partial charge in [-0.1, -0.05) is 44.2 Å². The number of nitrogens with zero attached hydrogens (tertiary/aromatic N) is 2. The Morgan fingerprint density at radius 2 is 1.95 bits per heavy atom. The summed E-state index contributed by atoms with van der Waals surface area (Å²) in [5.41, 5.74) is 1.83. The van der Waals surface area contributed by atoms with Crippen molar-refractivity contribution in [3.05, 3.63) is 56.9 Å². The van der Waals surface area contributed by atoms with E-state index in [9.17, 15) is 4.79 Å². The molecule has 1 heterocycles. The molecule has 2 aromatic rings. The van der Waals surface area contributed by atoms with E-state index >= 15 is 0 Å². The van der Waals surface area contributed by atoms with Gasteiger partial charge in [0.2, 0.25) is 0 Å². The Morgan fingerprint density at radius 3 is 2.57 bits per heavy atom. The molecule has 21 heavy (non-hydrogen) atoms. The van der Waals surface area contributed by atoms with Crippen molar-refractivity contribution in [2.24, 2.45) is 0 Å². The van der Waals surface area contributed by atoms with Gasteiger partial charge in [0.05, 0.1) is 11.9 Å². The number of nitrogens with one attached hydrogen (secondary N) is 1.